The van der Waals surface area contributed by atoms with Crippen molar-refractivity contribution in [3.63, 3.8) is 0 Å². The molecule has 8 heteroatoms. The average Bonchev–Trinajstić information content (AvgIpc) is 3.02. The van der Waals surface area contributed by atoms with E-state index >= 15 is 0 Å². The number of halogens is 3. The van der Waals surface area contributed by atoms with Gasteiger partial charge in [-0.15, -0.1) is 0 Å². The number of nitrogens with one attached hydrogen (secondary N) is 1. The van der Waals surface area contributed by atoms with Crippen LogP contribution in [0.4, 0.5) is 4.39 Å². The maximum absolute atomic E-state index is 14.3. The molecule has 29 heavy (non-hydrogen) atoms. The number of fused-ring (bicyclic) bond motifs is 1. The van der Waals surface area contributed by atoms with E-state index in [1.54, 1.807) is 37.4 Å². The third-order valence-electron chi connectivity index (χ3n) is 4.72. The SMILES string of the molecule is CCC(C(=O)NCCOC)n1c(Cc2ccccc2F)nc2cc(Cl)c(Cl)cc21. The van der Waals surface area contributed by atoms with Crippen molar-refractivity contribution >= 4 is 40.1 Å². The average molecular weight is 438 g/mol. The topological polar surface area (TPSA) is 56.1 Å². The molecule has 2 aromatic carbocycles. The third kappa shape index (κ3) is 4.71. The Hall–Kier alpha value is -2.15. The van der Waals surface area contributed by atoms with E-state index in [1.165, 1.54) is 6.07 Å². The first-order chi connectivity index (χ1) is 14.0. The normalized spacial score (nSPS) is 12.3. The number of hydrogen-bond acceptors (Lipinski definition) is 3. The zero-order chi connectivity index (χ0) is 21.0. The van der Waals surface area contributed by atoms with Crippen LogP contribution in [0.5, 0.6) is 0 Å². The van der Waals surface area contributed by atoms with Crippen molar-refractivity contribution in [1.29, 1.82) is 0 Å². The van der Waals surface area contributed by atoms with E-state index in [0.717, 1.165) is 0 Å². The molecule has 1 amide bonds. The lowest BCUT2D eigenvalue weighted by molar-refractivity contribution is -0.124. The highest BCUT2D eigenvalue weighted by Crippen LogP contribution is 2.32. The predicted molar refractivity (Wildman–Crippen MR) is 113 cm³/mol. The van der Waals surface area contributed by atoms with Crippen LogP contribution in [-0.4, -0.2) is 35.7 Å². The van der Waals surface area contributed by atoms with Gasteiger partial charge in [0, 0.05) is 20.1 Å². The molecule has 0 aliphatic heterocycles. The van der Waals surface area contributed by atoms with Gasteiger partial charge in [0.1, 0.15) is 17.7 Å². The van der Waals surface area contributed by atoms with Crippen LogP contribution >= 0.6 is 23.2 Å². The molecule has 0 saturated heterocycles. The van der Waals surface area contributed by atoms with Gasteiger partial charge in [-0.05, 0) is 30.2 Å². The van der Waals surface area contributed by atoms with E-state index in [0.29, 0.717) is 52.0 Å². The maximum atomic E-state index is 14.3. The number of methoxy groups -OCH3 is 1. The number of amides is 1. The van der Waals surface area contributed by atoms with Crippen LogP contribution in [0.1, 0.15) is 30.8 Å². The Morgan fingerprint density at radius 1 is 1.28 bits per heavy atom. The van der Waals surface area contributed by atoms with E-state index in [2.05, 4.69) is 10.3 Å². The second-order valence-corrected chi connectivity index (χ2v) is 7.44. The molecule has 3 rings (SSSR count). The lowest BCUT2D eigenvalue weighted by atomic mass is 10.1. The minimum Gasteiger partial charge on any atom is -0.383 e. The van der Waals surface area contributed by atoms with Gasteiger partial charge in [0.15, 0.2) is 0 Å². The Bertz CT molecular complexity index is 1020. The van der Waals surface area contributed by atoms with Crippen molar-refractivity contribution in [3.05, 3.63) is 63.6 Å². The minimum atomic E-state index is -0.532. The molecule has 1 heterocycles. The third-order valence-corrected chi connectivity index (χ3v) is 5.44. The summed E-state index contributed by atoms with van der Waals surface area (Å²) in [6.45, 7) is 2.72. The largest absolute Gasteiger partial charge is 0.383 e. The number of rotatable bonds is 8. The van der Waals surface area contributed by atoms with Crippen molar-refractivity contribution in [2.75, 3.05) is 20.3 Å². The Labute approximate surface area is 178 Å². The summed E-state index contributed by atoms with van der Waals surface area (Å²) >= 11 is 12.4. The molecule has 0 aliphatic carbocycles. The summed E-state index contributed by atoms with van der Waals surface area (Å²) in [5.74, 6) is 0.0849. The molecule has 0 radical (unpaired) electrons. The predicted octanol–water partition coefficient (Wildman–Crippen LogP) is 4.79. The summed E-state index contributed by atoms with van der Waals surface area (Å²) in [6, 6.07) is 9.35. The molecule has 5 nitrogen and oxygen atoms in total. The highest BCUT2D eigenvalue weighted by Gasteiger charge is 2.25. The highest BCUT2D eigenvalue weighted by atomic mass is 35.5. The molecule has 0 bridgehead atoms. The van der Waals surface area contributed by atoms with Crippen molar-refractivity contribution in [3.8, 4) is 0 Å². The van der Waals surface area contributed by atoms with Crippen LogP contribution in [0.2, 0.25) is 10.0 Å². The van der Waals surface area contributed by atoms with Gasteiger partial charge in [-0.1, -0.05) is 48.3 Å². The Morgan fingerprint density at radius 3 is 2.69 bits per heavy atom. The quantitative estimate of drug-likeness (QED) is 0.515. The number of ether oxygens (including phenoxy) is 1. The summed E-state index contributed by atoms with van der Waals surface area (Å²) in [7, 11) is 1.57. The smallest absolute Gasteiger partial charge is 0.243 e. The summed E-state index contributed by atoms with van der Waals surface area (Å²) in [6.07, 6.45) is 0.757. The van der Waals surface area contributed by atoms with Crippen molar-refractivity contribution < 1.29 is 13.9 Å². The second-order valence-electron chi connectivity index (χ2n) is 6.63. The molecule has 0 saturated carbocycles. The molecular formula is C21H22Cl2FN3O2. The standard InChI is InChI=1S/C21H22Cl2FN3O2/c1-3-18(21(28)25-8-9-29-2)27-19-12-15(23)14(22)11-17(19)26-20(27)10-13-6-4-5-7-16(13)24/h4-7,11-12,18H,3,8-10H2,1-2H3,(H,25,28). The summed E-state index contributed by atoms with van der Waals surface area (Å²) in [5.41, 5.74) is 1.78. The number of carbonyl (C=O) groups excluding carboxylic acids is 1. The number of benzene rings is 2. The van der Waals surface area contributed by atoms with Gasteiger partial charge >= 0.3 is 0 Å². The van der Waals surface area contributed by atoms with Crippen molar-refractivity contribution in [2.45, 2.75) is 25.8 Å². The Morgan fingerprint density at radius 2 is 2.00 bits per heavy atom. The van der Waals surface area contributed by atoms with Crippen molar-refractivity contribution in [1.82, 2.24) is 14.9 Å². The zero-order valence-electron chi connectivity index (χ0n) is 16.2. The summed E-state index contributed by atoms with van der Waals surface area (Å²) in [5, 5.41) is 3.61. The molecule has 1 atom stereocenters. The van der Waals surface area contributed by atoms with Gasteiger partial charge < -0.3 is 14.6 Å². The van der Waals surface area contributed by atoms with E-state index in [-0.39, 0.29) is 18.1 Å². The van der Waals surface area contributed by atoms with Crippen molar-refractivity contribution in [2.24, 2.45) is 0 Å². The number of aromatic nitrogens is 2. The van der Waals surface area contributed by atoms with E-state index in [1.807, 2.05) is 11.5 Å². The van der Waals surface area contributed by atoms with Gasteiger partial charge in [-0.3, -0.25) is 4.79 Å². The van der Waals surface area contributed by atoms with Gasteiger partial charge in [0.2, 0.25) is 5.91 Å². The summed E-state index contributed by atoms with van der Waals surface area (Å²) in [4.78, 5) is 17.5. The van der Waals surface area contributed by atoms with E-state index in [9.17, 15) is 9.18 Å². The van der Waals surface area contributed by atoms with Crippen LogP contribution in [0.3, 0.4) is 0 Å². The van der Waals surface area contributed by atoms with Crippen LogP contribution in [0.25, 0.3) is 11.0 Å². The van der Waals surface area contributed by atoms with Gasteiger partial charge in [0.05, 0.1) is 27.7 Å². The number of carbonyl (C=O) groups is 1. The van der Waals surface area contributed by atoms with Crippen LogP contribution in [0, 0.1) is 5.82 Å². The number of imidazole rings is 1. The van der Waals surface area contributed by atoms with Gasteiger partial charge in [-0.2, -0.15) is 0 Å². The maximum Gasteiger partial charge on any atom is 0.243 e. The first-order valence-corrected chi connectivity index (χ1v) is 10.1. The lowest BCUT2D eigenvalue weighted by Gasteiger charge is -2.20. The first kappa shape index (κ1) is 21.6. The Kier molecular flexibility index (Phi) is 7.11. The zero-order valence-corrected chi connectivity index (χ0v) is 17.7. The van der Waals surface area contributed by atoms with Crippen LogP contribution in [-0.2, 0) is 16.0 Å². The molecule has 1 N–H and O–H groups in total. The fourth-order valence-electron chi connectivity index (χ4n) is 3.30. The minimum absolute atomic E-state index is 0.162. The Balaban J connectivity index is 2.09. The lowest BCUT2D eigenvalue weighted by Crippen LogP contribution is -2.35. The number of nitrogens with zero attached hydrogens (tertiary/aromatic N) is 2. The second kappa shape index (κ2) is 9.57. The fourth-order valence-corrected chi connectivity index (χ4v) is 3.62. The molecule has 1 unspecified atom stereocenters. The van der Waals surface area contributed by atoms with Crippen LogP contribution in [0.15, 0.2) is 36.4 Å². The molecule has 0 fully saturated rings. The van der Waals surface area contributed by atoms with Gasteiger partial charge in [0.25, 0.3) is 0 Å². The summed E-state index contributed by atoms with van der Waals surface area (Å²) < 4.78 is 21.1. The first-order valence-electron chi connectivity index (χ1n) is 9.32. The molecule has 1 aromatic heterocycles. The molecule has 0 aliphatic rings. The van der Waals surface area contributed by atoms with E-state index < -0.39 is 6.04 Å². The molecule has 154 valence electrons. The monoisotopic (exact) mass is 437 g/mol. The van der Waals surface area contributed by atoms with E-state index in [4.69, 9.17) is 27.9 Å². The van der Waals surface area contributed by atoms with Gasteiger partial charge in [-0.25, -0.2) is 9.37 Å². The number of hydrogen-bond donors (Lipinski definition) is 1. The van der Waals surface area contributed by atoms with Crippen LogP contribution < -0.4 is 5.32 Å². The fraction of sp³-hybridized carbons (Fsp3) is 0.333. The molecule has 0 spiro atoms. The molecular weight excluding hydrogens is 416 g/mol. The highest BCUT2D eigenvalue weighted by molar-refractivity contribution is 6.42. The molecule has 3 aromatic rings.